The van der Waals surface area contributed by atoms with Gasteiger partial charge in [-0.15, -0.1) is 0 Å². The smallest absolute Gasteiger partial charge is 0.329 e. The van der Waals surface area contributed by atoms with Crippen LogP contribution < -0.4 is 11.2 Å². The van der Waals surface area contributed by atoms with Gasteiger partial charge in [0.15, 0.2) is 0 Å². The summed E-state index contributed by atoms with van der Waals surface area (Å²) in [5, 5.41) is 0.0790. The van der Waals surface area contributed by atoms with E-state index in [-0.39, 0.29) is 29.0 Å². The molecule has 1 aromatic rings. The van der Waals surface area contributed by atoms with Crippen LogP contribution in [-0.4, -0.2) is 21.8 Å². The van der Waals surface area contributed by atoms with Crippen molar-refractivity contribution >= 4 is 11.6 Å². The third-order valence-electron chi connectivity index (χ3n) is 3.34. The number of rotatable bonds is 1. The molecule has 2 fully saturated rings. The SMILES string of the molecule is O=c1cc(Cl)[nH]c(=O)n1C1CC2CCC1O2. The monoisotopic (exact) mass is 242 g/mol. The molecule has 2 saturated heterocycles. The number of nitrogens with one attached hydrogen (secondary N) is 1. The van der Waals surface area contributed by atoms with E-state index >= 15 is 0 Å². The van der Waals surface area contributed by atoms with Crippen molar-refractivity contribution in [2.75, 3.05) is 0 Å². The molecule has 0 saturated carbocycles. The van der Waals surface area contributed by atoms with Crippen LogP contribution in [0.4, 0.5) is 0 Å². The van der Waals surface area contributed by atoms with Crippen LogP contribution in [0.15, 0.2) is 15.7 Å². The van der Waals surface area contributed by atoms with Gasteiger partial charge >= 0.3 is 5.69 Å². The minimum atomic E-state index is -0.446. The Labute approximate surface area is 96.0 Å². The molecular weight excluding hydrogens is 232 g/mol. The molecule has 0 amide bonds. The summed E-state index contributed by atoms with van der Waals surface area (Å²) in [5.41, 5.74) is -0.798. The summed E-state index contributed by atoms with van der Waals surface area (Å²) in [6.45, 7) is 0. The molecule has 2 aliphatic rings. The van der Waals surface area contributed by atoms with Gasteiger partial charge < -0.3 is 4.74 Å². The van der Waals surface area contributed by atoms with Gasteiger partial charge in [0.05, 0.1) is 18.2 Å². The molecule has 3 unspecified atom stereocenters. The fourth-order valence-corrected chi connectivity index (χ4v) is 2.85. The number of ether oxygens (including phenoxy) is 1. The molecule has 2 aliphatic heterocycles. The van der Waals surface area contributed by atoms with Crippen LogP contribution in [0.25, 0.3) is 0 Å². The third-order valence-corrected chi connectivity index (χ3v) is 3.54. The van der Waals surface area contributed by atoms with Crippen LogP contribution in [0.1, 0.15) is 25.3 Å². The summed E-state index contributed by atoms with van der Waals surface area (Å²) >= 11 is 5.61. The maximum Gasteiger partial charge on any atom is 0.329 e. The van der Waals surface area contributed by atoms with Crippen LogP contribution in [0.2, 0.25) is 5.15 Å². The second kappa shape index (κ2) is 3.46. The van der Waals surface area contributed by atoms with E-state index in [1.165, 1.54) is 10.6 Å². The number of nitrogens with zero attached hydrogens (tertiary/aromatic N) is 1. The summed E-state index contributed by atoms with van der Waals surface area (Å²) in [5.74, 6) is 0. The van der Waals surface area contributed by atoms with Gasteiger partial charge in [-0.1, -0.05) is 11.6 Å². The van der Waals surface area contributed by atoms with Crippen LogP contribution in [0, 0.1) is 0 Å². The molecule has 86 valence electrons. The molecule has 0 aliphatic carbocycles. The van der Waals surface area contributed by atoms with Crippen molar-refractivity contribution < 1.29 is 4.74 Å². The number of halogens is 1. The molecule has 6 heteroatoms. The first-order valence-electron chi connectivity index (χ1n) is 5.32. The molecule has 3 heterocycles. The highest BCUT2D eigenvalue weighted by atomic mass is 35.5. The Morgan fingerprint density at radius 3 is 2.81 bits per heavy atom. The zero-order chi connectivity index (χ0) is 11.3. The first-order valence-corrected chi connectivity index (χ1v) is 5.70. The lowest BCUT2D eigenvalue weighted by Crippen LogP contribution is -2.40. The maximum absolute atomic E-state index is 11.7. The average molecular weight is 243 g/mol. The van der Waals surface area contributed by atoms with E-state index in [0.29, 0.717) is 0 Å². The largest absolute Gasteiger partial charge is 0.373 e. The van der Waals surface area contributed by atoms with Crippen molar-refractivity contribution in [3.05, 3.63) is 32.1 Å². The van der Waals surface area contributed by atoms with E-state index in [9.17, 15) is 9.59 Å². The fourth-order valence-electron chi connectivity index (χ4n) is 2.67. The third kappa shape index (κ3) is 1.43. The maximum atomic E-state index is 11.7. The highest BCUT2D eigenvalue weighted by molar-refractivity contribution is 6.29. The number of hydrogen-bond donors (Lipinski definition) is 1. The Morgan fingerprint density at radius 2 is 2.25 bits per heavy atom. The first kappa shape index (κ1) is 10.1. The van der Waals surface area contributed by atoms with Gasteiger partial charge in [0.1, 0.15) is 5.15 Å². The van der Waals surface area contributed by atoms with Crippen LogP contribution in [0.3, 0.4) is 0 Å². The number of aromatic nitrogens is 2. The predicted octanol–water partition coefficient (Wildman–Crippen LogP) is 0.682. The summed E-state index contributed by atoms with van der Waals surface area (Å²) < 4.78 is 6.87. The van der Waals surface area contributed by atoms with Crippen LogP contribution >= 0.6 is 11.6 Å². The zero-order valence-corrected chi connectivity index (χ0v) is 9.24. The minimum absolute atomic E-state index is 0.00461. The van der Waals surface area contributed by atoms with E-state index in [1.807, 2.05) is 0 Å². The molecule has 3 rings (SSSR count). The van der Waals surface area contributed by atoms with Crippen molar-refractivity contribution in [1.82, 2.24) is 9.55 Å². The number of hydrogen-bond acceptors (Lipinski definition) is 3. The Balaban J connectivity index is 2.08. The Morgan fingerprint density at radius 1 is 1.44 bits per heavy atom. The van der Waals surface area contributed by atoms with Crippen LogP contribution in [0.5, 0.6) is 0 Å². The summed E-state index contributed by atoms with van der Waals surface area (Å²) in [4.78, 5) is 25.9. The molecule has 2 bridgehead atoms. The van der Waals surface area contributed by atoms with Gasteiger partial charge in [-0.2, -0.15) is 0 Å². The van der Waals surface area contributed by atoms with E-state index in [4.69, 9.17) is 16.3 Å². The Hall–Kier alpha value is -1.07. The second-order valence-electron chi connectivity index (χ2n) is 4.31. The number of H-pyrrole nitrogens is 1. The molecule has 1 aromatic heterocycles. The van der Waals surface area contributed by atoms with Crippen molar-refractivity contribution in [3.8, 4) is 0 Å². The van der Waals surface area contributed by atoms with Crippen molar-refractivity contribution in [2.45, 2.75) is 37.5 Å². The lowest BCUT2D eigenvalue weighted by molar-refractivity contribution is 0.0928. The van der Waals surface area contributed by atoms with Crippen molar-refractivity contribution in [3.63, 3.8) is 0 Å². The van der Waals surface area contributed by atoms with E-state index in [2.05, 4.69) is 4.98 Å². The molecule has 3 atom stereocenters. The van der Waals surface area contributed by atoms with E-state index < -0.39 is 5.69 Å². The average Bonchev–Trinajstić information content (AvgIpc) is 2.77. The van der Waals surface area contributed by atoms with E-state index in [1.54, 1.807) is 0 Å². The Bertz CT molecular complexity index is 504. The molecule has 1 N–H and O–H groups in total. The highest BCUT2D eigenvalue weighted by Gasteiger charge is 2.42. The number of fused-ring (bicyclic) bond motifs is 2. The van der Waals surface area contributed by atoms with E-state index in [0.717, 1.165) is 19.3 Å². The van der Waals surface area contributed by atoms with Crippen LogP contribution in [-0.2, 0) is 4.74 Å². The van der Waals surface area contributed by atoms with Gasteiger partial charge in [0.2, 0.25) is 0 Å². The quantitative estimate of drug-likeness (QED) is 0.737. The molecule has 5 nitrogen and oxygen atoms in total. The van der Waals surface area contributed by atoms with Gasteiger partial charge in [0.25, 0.3) is 5.56 Å². The predicted molar refractivity (Wildman–Crippen MR) is 57.9 cm³/mol. The highest BCUT2D eigenvalue weighted by Crippen LogP contribution is 2.40. The number of aromatic amines is 1. The van der Waals surface area contributed by atoms with Crippen molar-refractivity contribution in [1.29, 1.82) is 0 Å². The van der Waals surface area contributed by atoms with Gasteiger partial charge in [-0.3, -0.25) is 14.3 Å². The molecular formula is C10H11ClN2O3. The second-order valence-corrected chi connectivity index (χ2v) is 4.71. The van der Waals surface area contributed by atoms with Gasteiger partial charge in [-0.05, 0) is 19.3 Å². The van der Waals surface area contributed by atoms with Gasteiger partial charge in [0, 0.05) is 6.07 Å². The molecule has 0 spiro atoms. The Kier molecular flexibility index (Phi) is 2.19. The topological polar surface area (TPSA) is 64.1 Å². The summed E-state index contributed by atoms with van der Waals surface area (Å²) in [6, 6.07) is 1.10. The summed E-state index contributed by atoms with van der Waals surface area (Å²) in [7, 11) is 0. The molecule has 16 heavy (non-hydrogen) atoms. The lowest BCUT2D eigenvalue weighted by atomic mass is 9.95. The normalized spacial score (nSPS) is 32.2. The molecule has 0 aromatic carbocycles. The standard InChI is InChI=1S/C10H11ClN2O3/c11-8-4-9(14)13(10(15)12-8)6-3-5-1-2-7(6)16-5/h4-7H,1-3H2,(H,12,15). The van der Waals surface area contributed by atoms with Gasteiger partial charge in [-0.25, -0.2) is 4.79 Å². The van der Waals surface area contributed by atoms with Crippen molar-refractivity contribution in [2.24, 2.45) is 0 Å². The fraction of sp³-hybridized carbons (Fsp3) is 0.600. The summed E-state index contributed by atoms with van der Waals surface area (Å²) in [6.07, 6.45) is 2.91. The molecule has 0 radical (unpaired) electrons. The first-order chi connectivity index (χ1) is 7.65. The minimum Gasteiger partial charge on any atom is -0.373 e. The zero-order valence-electron chi connectivity index (χ0n) is 8.48. The lowest BCUT2D eigenvalue weighted by Gasteiger charge is -2.19.